The van der Waals surface area contributed by atoms with Gasteiger partial charge < -0.3 is 10.6 Å². The number of halogens is 3. The van der Waals surface area contributed by atoms with Gasteiger partial charge >= 0.3 is 6.18 Å². The maximum absolute atomic E-state index is 12.5. The van der Waals surface area contributed by atoms with Gasteiger partial charge in [0.2, 0.25) is 0 Å². The quantitative estimate of drug-likeness (QED) is 0.912. The van der Waals surface area contributed by atoms with Crippen LogP contribution in [0.1, 0.15) is 35.8 Å². The van der Waals surface area contributed by atoms with Crippen LogP contribution in [-0.2, 0) is 6.18 Å². The molecule has 0 aromatic carbocycles. The molecule has 0 spiro atoms. The fourth-order valence-corrected chi connectivity index (χ4v) is 2.49. The fraction of sp³-hybridized carbons (Fsp3) is 0.571. The van der Waals surface area contributed by atoms with Gasteiger partial charge in [0.25, 0.3) is 5.91 Å². The van der Waals surface area contributed by atoms with Crippen LogP contribution in [0.5, 0.6) is 0 Å². The van der Waals surface area contributed by atoms with Crippen molar-refractivity contribution < 1.29 is 18.0 Å². The molecule has 2 heterocycles. The number of carbonyl (C=O) groups is 1. The van der Waals surface area contributed by atoms with Crippen molar-refractivity contribution in [3.05, 3.63) is 29.6 Å². The summed E-state index contributed by atoms with van der Waals surface area (Å²) in [5.74, 6) is -0.103. The molecule has 1 fully saturated rings. The number of piperidine rings is 1. The lowest BCUT2D eigenvalue weighted by Crippen LogP contribution is -2.47. The average Bonchev–Trinajstić information content (AvgIpc) is 2.46. The number of hydrogen-bond donors (Lipinski definition) is 1. The van der Waals surface area contributed by atoms with Gasteiger partial charge in [0, 0.05) is 18.8 Å². The molecule has 2 rings (SSSR count). The number of pyridine rings is 1. The SMILES string of the molecule is CC1CCC(CN)CN1C(=O)c1ccc(C(F)(F)F)cn1. The Morgan fingerprint density at radius 1 is 1.43 bits per heavy atom. The van der Waals surface area contributed by atoms with Gasteiger partial charge in [-0.3, -0.25) is 9.78 Å². The van der Waals surface area contributed by atoms with Gasteiger partial charge in [-0.25, -0.2) is 0 Å². The van der Waals surface area contributed by atoms with Gasteiger partial charge in [-0.2, -0.15) is 13.2 Å². The third kappa shape index (κ3) is 3.53. The Kier molecular flexibility index (Phi) is 4.51. The second-order valence-corrected chi connectivity index (χ2v) is 5.42. The molecule has 0 bridgehead atoms. The van der Waals surface area contributed by atoms with Crippen LogP contribution in [-0.4, -0.2) is 34.9 Å². The normalized spacial score (nSPS) is 23.2. The van der Waals surface area contributed by atoms with E-state index < -0.39 is 11.7 Å². The Labute approximate surface area is 121 Å². The molecule has 2 atom stereocenters. The number of hydrogen-bond acceptors (Lipinski definition) is 3. The van der Waals surface area contributed by atoms with E-state index >= 15 is 0 Å². The molecular formula is C14H18F3N3O. The van der Waals surface area contributed by atoms with E-state index in [0.717, 1.165) is 25.0 Å². The lowest BCUT2D eigenvalue weighted by Gasteiger charge is -2.37. The van der Waals surface area contributed by atoms with Crippen molar-refractivity contribution in [1.82, 2.24) is 9.88 Å². The Bertz CT molecular complexity index is 501. The van der Waals surface area contributed by atoms with E-state index in [1.165, 1.54) is 0 Å². The fourth-order valence-electron chi connectivity index (χ4n) is 2.49. The van der Waals surface area contributed by atoms with Crippen LogP contribution in [0.2, 0.25) is 0 Å². The number of rotatable bonds is 2. The van der Waals surface area contributed by atoms with E-state index in [1.54, 1.807) is 4.90 Å². The monoisotopic (exact) mass is 301 g/mol. The molecule has 116 valence electrons. The largest absolute Gasteiger partial charge is 0.417 e. The van der Waals surface area contributed by atoms with Crippen LogP contribution in [0.3, 0.4) is 0 Å². The van der Waals surface area contributed by atoms with Crippen molar-refractivity contribution in [3.63, 3.8) is 0 Å². The van der Waals surface area contributed by atoms with Crippen molar-refractivity contribution in [2.24, 2.45) is 11.7 Å². The lowest BCUT2D eigenvalue weighted by molar-refractivity contribution is -0.137. The van der Waals surface area contributed by atoms with Crippen LogP contribution in [0.25, 0.3) is 0 Å². The topological polar surface area (TPSA) is 59.2 Å². The number of likely N-dealkylation sites (tertiary alicyclic amines) is 1. The summed E-state index contributed by atoms with van der Waals surface area (Å²) in [7, 11) is 0. The summed E-state index contributed by atoms with van der Waals surface area (Å²) >= 11 is 0. The minimum absolute atomic E-state index is 0.0347. The van der Waals surface area contributed by atoms with Gasteiger partial charge in [-0.05, 0) is 44.4 Å². The highest BCUT2D eigenvalue weighted by molar-refractivity contribution is 5.92. The van der Waals surface area contributed by atoms with Gasteiger partial charge in [0.1, 0.15) is 5.69 Å². The summed E-state index contributed by atoms with van der Waals surface area (Å²) < 4.78 is 37.5. The number of nitrogens with two attached hydrogens (primary N) is 1. The van der Waals surface area contributed by atoms with Gasteiger partial charge in [0.15, 0.2) is 0 Å². The summed E-state index contributed by atoms with van der Waals surface area (Å²) in [6, 6.07) is 2.06. The number of amides is 1. The molecule has 0 saturated carbocycles. The lowest BCUT2D eigenvalue weighted by atomic mass is 9.93. The first kappa shape index (κ1) is 15.8. The summed E-state index contributed by atoms with van der Waals surface area (Å²) in [6.45, 7) is 2.95. The molecule has 2 unspecified atom stereocenters. The highest BCUT2D eigenvalue weighted by Gasteiger charge is 2.32. The molecule has 1 saturated heterocycles. The summed E-state index contributed by atoms with van der Waals surface area (Å²) in [5, 5.41) is 0. The van der Waals surface area contributed by atoms with Crippen molar-refractivity contribution in [2.75, 3.05) is 13.1 Å². The standard InChI is InChI=1S/C14H18F3N3O/c1-9-2-3-10(6-18)8-20(9)13(21)12-5-4-11(7-19-12)14(15,16)17/h4-5,7,9-10H,2-3,6,8,18H2,1H3. The molecule has 1 aliphatic rings. The Morgan fingerprint density at radius 3 is 2.67 bits per heavy atom. The molecule has 0 radical (unpaired) electrons. The maximum atomic E-state index is 12.5. The van der Waals surface area contributed by atoms with Gasteiger partial charge in [-0.1, -0.05) is 0 Å². The van der Waals surface area contributed by atoms with E-state index in [4.69, 9.17) is 5.73 Å². The van der Waals surface area contributed by atoms with E-state index in [-0.39, 0.29) is 23.6 Å². The molecule has 1 amide bonds. The third-order valence-corrected chi connectivity index (χ3v) is 3.88. The predicted molar refractivity (Wildman–Crippen MR) is 71.5 cm³/mol. The highest BCUT2D eigenvalue weighted by Crippen LogP contribution is 2.29. The molecular weight excluding hydrogens is 283 g/mol. The third-order valence-electron chi connectivity index (χ3n) is 3.88. The molecule has 0 aliphatic carbocycles. The first-order chi connectivity index (χ1) is 9.82. The van der Waals surface area contributed by atoms with Crippen LogP contribution in [0.15, 0.2) is 18.3 Å². The van der Waals surface area contributed by atoms with Crippen molar-refractivity contribution >= 4 is 5.91 Å². The molecule has 1 aromatic rings. The molecule has 2 N–H and O–H groups in total. The van der Waals surface area contributed by atoms with Crippen molar-refractivity contribution in [3.8, 4) is 0 Å². The van der Waals surface area contributed by atoms with E-state index in [1.807, 2.05) is 6.92 Å². The first-order valence-electron chi connectivity index (χ1n) is 6.87. The molecule has 4 nitrogen and oxygen atoms in total. The Balaban J connectivity index is 2.15. The highest BCUT2D eigenvalue weighted by atomic mass is 19.4. The van der Waals surface area contributed by atoms with Gasteiger partial charge in [0.05, 0.1) is 5.56 Å². The smallest absolute Gasteiger partial charge is 0.334 e. The first-order valence-corrected chi connectivity index (χ1v) is 6.87. The Hall–Kier alpha value is -1.63. The minimum atomic E-state index is -4.45. The second kappa shape index (κ2) is 6.01. The zero-order valence-electron chi connectivity index (χ0n) is 11.7. The second-order valence-electron chi connectivity index (χ2n) is 5.42. The van der Waals surface area contributed by atoms with Crippen molar-refractivity contribution in [1.29, 1.82) is 0 Å². The van der Waals surface area contributed by atoms with E-state index in [9.17, 15) is 18.0 Å². The van der Waals surface area contributed by atoms with Crippen LogP contribution >= 0.6 is 0 Å². The predicted octanol–water partition coefficient (Wildman–Crippen LogP) is 2.30. The molecule has 7 heteroatoms. The summed E-state index contributed by atoms with van der Waals surface area (Å²) in [5.41, 5.74) is 4.82. The average molecular weight is 301 g/mol. The van der Waals surface area contributed by atoms with Gasteiger partial charge in [-0.15, -0.1) is 0 Å². The van der Waals surface area contributed by atoms with Crippen LogP contribution < -0.4 is 5.73 Å². The maximum Gasteiger partial charge on any atom is 0.417 e. The zero-order chi connectivity index (χ0) is 15.6. The number of aromatic nitrogens is 1. The molecule has 21 heavy (non-hydrogen) atoms. The van der Waals surface area contributed by atoms with E-state index in [0.29, 0.717) is 19.3 Å². The Morgan fingerprint density at radius 2 is 2.14 bits per heavy atom. The van der Waals surface area contributed by atoms with Crippen LogP contribution in [0, 0.1) is 5.92 Å². The summed E-state index contributed by atoms with van der Waals surface area (Å²) in [4.78, 5) is 17.7. The number of alkyl halides is 3. The molecule has 1 aliphatic heterocycles. The number of carbonyl (C=O) groups excluding carboxylic acids is 1. The van der Waals surface area contributed by atoms with Crippen LogP contribution in [0.4, 0.5) is 13.2 Å². The summed E-state index contributed by atoms with van der Waals surface area (Å²) in [6.07, 6.45) is -1.95. The minimum Gasteiger partial charge on any atom is -0.334 e. The molecule has 1 aromatic heterocycles. The van der Waals surface area contributed by atoms with E-state index in [2.05, 4.69) is 4.98 Å². The zero-order valence-corrected chi connectivity index (χ0v) is 11.7. The van der Waals surface area contributed by atoms with Crippen molar-refractivity contribution in [2.45, 2.75) is 32.0 Å². The number of nitrogens with zero attached hydrogens (tertiary/aromatic N) is 2.